The first-order chi connectivity index (χ1) is 13.3. The lowest BCUT2D eigenvalue weighted by Crippen LogP contribution is -2.43. The second-order valence-electron chi connectivity index (χ2n) is 6.88. The number of thiocarbonyl (C=S) groups is 1. The van der Waals surface area contributed by atoms with Gasteiger partial charge in [0.05, 0.1) is 0 Å². The van der Waals surface area contributed by atoms with Gasteiger partial charge < -0.3 is 16.0 Å². The Morgan fingerprint density at radius 3 is 2.54 bits per heavy atom. The normalized spacial score (nSPS) is 10.7. The molecular weight excluding hydrogens is 374 g/mol. The second kappa shape index (κ2) is 9.54. The average molecular weight is 404 g/mol. The van der Waals surface area contributed by atoms with E-state index in [1.807, 2.05) is 39.0 Å². The van der Waals surface area contributed by atoms with Gasteiger partial charge in [-0.2, -0.15) is 0 Å². The molecule has 28 heavy (non-hydrogen) atoms. The number of nitrogens with two attached hydrogens (primary N) is 1. The number of nitrogen functional groups attached to an aromatic ring is 1. The molecule has 0 saturated carbocycles. The van der Waals surface area contributed by atoms with Crippen LogP contribution in [0, 0.1) is 13.8 Å². The number of hydrogen-bond donors (Lipinski definition) is 3. The largest absolute Gasteiger partial charge is 0.383 e. The van der Waals surface area contributed by atoms with Crippen molar-refractivity contribution in [3.05, 3.63) is 50.2 Å². The monoisotopic (exact) mass is 403 g/mol. The van der Waals surface area contributed by atoms with E-state index in [4.69, 9.17) is 18.0 Å². The number of rotatable bonds is 7. The lowest BCUT2D eigenvalue weighted by molar-refractivity contribution is 0.640. The van der Waals surface area contributed by atoms with E-state index in [9.17, 15) is 9.59 Å². The van der Waals surface area contributed by atoms with Gasteiger partial charge in [-0.3, -0.25) is 14.3 Å². The summed E-state index contributed by atoms with van der Waals surface area (Å²) in [4.78, 5) is 28.8. The fourth-order valence-corrected chi connectivity index (χ4v) is 3.23. The van der Waals surface area contributed by atoms with E-state index >= 15 is 0 Å². The topological polar surface area (TPSA) is 96.2 Å². The van der Waals surface area contributed by atoms with Gasteiger partial charge in [0.25, 0.3) is 5.56 Å². The highest BCUT2D eigenvalue weighted by Gasteiger charge is 2.21. The maximum atomic E-state index is 12.6. The maximum absolute atomic E-state index is 12.6. The van der Waals surface area contributed by atoms with Crippen LogP contribution in [0.4, 0.5) is 17.2 Å². The molecule has 0 bridgehead atoms. The van der Waals surface area contributed by atoms with Gasteiger partial charge in [0.1, 0.15) is 5.82 Å². The highest BCUT2D eigenvalue weighted by atomic mass is 32.1. The molecule has 0 radical (unpaired) electrons. The lowest BCUT2D eigenvalue weighted by atomic mass is 10.1. The predicted molar refractivity (Wildman–Crippen MR) is 120 cm³/mol. The molecule has 0 saturated heterocycles. The van der Waals surface area contributed by atoms with Crippen LogP contribution in [-0.2, 0) is 6.54 Å². The van der Waals surface area contributed by atoms with Crippen molar-refractivity contribution in [3.63, 3.8) is 0 Å². The summed E-state index contributed by atoms with van der Waals surface area (Å²) in [6.07, 6.45) is 2.46. The molecular formula is C20H29N5O2S. The molecule has 0 atom stereocenters. The van der Waals surface area contributed by atoms with E-state index in [2.05, 4.69) is 17.2 Å². The van der Waals surface area contributed by atoms with Crippen LogP contribution in [0.25, 0.3) is 0 Å². The first-order valence-corrected chi connectivity index (χ1v) is 9.99. The fraction of sp³-hybridized carbons (Fsp3) is 0.450. The van der Waals surface area contributed by atoms with Gasteiger partial charge in [0, 0.05) is 18.8 Å². The molecule has 1 aromatic heterocycles. The van der Waals surface area contributed by atoms with Crippen LogP contribution < -0.4 is 27.2 Å². The number of anilines is 3. The number of benzene rings is 1. The molecule has 0 spiro atoms. The highest BCUT2D eigenvalue weighted by molar-refractivity contribution is 7.80. The Bertz CT molecular complexity index is 964. The Morgan fingerprint density at radius 1 is 1.21 bits per heavy atom. The zero-order valence-corrected chi connectivity index (χ0v) is 17.8. The molecule has 1 heterocycles. The van der Waals surface area contributed by atoms with Crippen LogP contribution >= 0.6 is 12.2 Å². The van der Waals surface area contributed by atoms with Crippen molar-refractivity contribution >= 4 is 34.5 Å². The molecule has 2 aromatic rings. The molecule has 0 unspecified atom stereocenters. The molecule has 0 fully saturated rings. The number of aryl methyl sites for hydroxylation is 2. The van der Waals surface area contributed by atoms with Crippen molar-refractivity contribution in [3.8, 4) is 0 Å². The van der Waals surface area contributed by atoms with Crippen LogP contribution in [0.2, 0.25) is 0 Å². The third-order valence-electron chi connectivity index (χ3n) is 4.67. The fourth-order valence-electron chi connectivity index (χ4n) is 2.93. The highest BCUT2D eigenvalue weighted by Crippen LogP contribution is 2.20. The Hall–Kier alpha value is -2.61. The number of unbranched alkanes of at least 4 members (excludes halogenated alkanes) is 1. The van der Waals surface area contributed by atoms with Crippen LogP contribution in [0.5, 0.6) is 0 Å². The summed E-state index contributed by atoms with van der Waals surface area (Å²) in [5.74, 6) is 0.135. The van der Waals surface area contributed by atoms with Gasteiger partial charge >= 0.3 is 5.69 Å². The Balaban J connectivity index is 2.47. The minimum absolute atomic E-state index is 0.135. The van der Waals surface area contributed by atoms with E-state index in [0.717, 1.165) is 30.5 Å². The third-order valence-corrected chi connectivity index (χ3v) is 4.99. The standard InChI is InChI=1S/C20H29N5O2S/c1-5-7-11-24(20(28)22-15-9-8-13(3)14(4)12-15)16-17(21)25(10-6-2)19(27)23-18(16)26/h8-9,12H,5-7,10-11,21H2,1-4H3,(H,22,28)(H,23,26,27). The summed E-state index contributed by atoms with van der Waals surface area (Å²) >= 11 is 5.61. The second-order valence-corrected chi connectivity index (χ2v) is 7.27. The van der Waals surface area contributed by atoms with E-state index in [1.54, 1.807) is 4.90 Å². The zero-order valence-electron chi connectivity index (χ0n) is 17.0. The van der Waals surface area contributed by atoms with Gasteiger partial charge in [-0.05, 0) is 62.2 Å². The van der Waals surface area contributed by atoms with E-state index in [1.165, 1.54) is 10.1 Å². The number of H-pyrrole nitrogens is 1. The minimum Gasteiger partial charge on any atom is -0.383 e. The summed E-state index contributed by atoms with van der Waals surface area (Å²) in [5.41, 5.74) is 8.57. The summed E-state index contributed by atoms with van der Waals surface area (Å²) in [5, 5.41) is 3.57. The molecule has 8 heteroatoms. The summed E-state index contributed by atoms with van der Waals surface area (Å²) in [6, 6.07) is 5.96. The number of nitrogens with zero attached hydrogens (tertiary/aromatic N) is 2. The Kier molecular flexibility index (Phi) is 7.39. The molecule has 152 valence electrons. The van der Waals surface area contributed by atoms with Crippen LogP contribution in [0.15, 0.2) is 27.8 Å². The first-order valence-electron chi connectivity index (χ1n) is 9.58. The molecule has 0 amide bonds. The zero-order chi connectivity index (χ0) is 20.8. The molecule has 4 N–H and O–H groups in total. The van der Waals surface area contributed by atoms with Crippen LogP contribution in [-0.4, -0.2) is 21.2 Å². The van der Waals surface area contributed by atoms with E-state index in [0.29, 0.717) is 18.2 Å². The number of aromatic amines is 1. The van der Waals surface area contributed by atoms with E-state index in [-0.39, 0.29) is 11.5 Å². The molecule has 0 aliphatic rings. The first kappa shape index (κ1) is 21.7. The molecule has 1 aromatic carbocycles. The van der Waals surface area contributed by atoms with Gasteiger partial charge in [-0.1, -0.05) is 26.3 Å². The van der Waals surface area contributed by atoms with Crippen molar-refractivity contribution in [1.82, 2.24) is 9.55 Å². The smallest absolute Gasteiger partial charge is 0.330 e. The summed E-state index contributed by atoms with van der Waals surface area (Å²) < 4.78 is 1.38. The SMILES string of the molecule is CCCCN(C(=S)Nc1ccc(C)c(C)c1)c1c(N)n(CCC)c(=O)[nH]c1=O. The third kappa shape index (κ3) is 4.81. The number of nitrogens with one attached hydrogen (secondary N) is 2. The van der Waals surface area contributed by atoms with Crippen molar-refractivity contribution in [2.45, 2.75) is 53.5 Å². The van der Waals surface area contributed by atoms with Crippen LogP contribution in [0.1, 0.15) is 44.2 Å². The molecule has 0 aliphatic heterocycles. The Labute approximate surface area is 170 Å². The van der Waals surface area contributed by atoms with Crippen molar-refractivity contribution in [2.75, 3.05) is 22.5 Å². The summed E-state index contributed by atoms with van der Waals surface area (Å²) in [7, 11) is 0. The van der Waals surface area contributed by atoms with Gasteiger partial charge in [-0.15, -0.1) is 0 Å². The summed E-state index contributed by atoms with van der Waals surface area (Å²) in [6.45, 7) is 9.02. The predicted octanol–water partition coefficient (Wildman–Crippen LogP) is 3.15. The van der Waals surface area contributed by atoms with Crippen LogP contribution in [0.3, 0.4) is 0 Å². The maximum Gasteiger partial charge on any atom is 0.330 e. The quantitative estimate of drug-likeness (QED) is 0.615. The molecule has 0 aliphatic carbocycles. The van der Waals surface area contributed by atoms with Crippen molar-refractivity contribution < 1.29 is 0 Å². The lowest BCUT2D eigenvalue weighted by Gasteiger charge is -2.27. The van der Waals surface area contributed by atoms with Crippen molar-refractivity contribution in [2.24, 2.45) is 0 Å². The average Bonchev–Trinajstić information content (AvgIpc) is 2.64. The van der Waals surface area contributed by atoms with Crippen molar-refractivity contribution in [1.29, 1.82) is 0 Å². The molecule has 2 rings (SSSR count). The van der Waals surface area contributed by atoms with Gasteiger partial charge in [0.15, 0.2) is 10.8 Å². The molecule has 7 nitrogen and oxygen atoms in total. The Morgan fingerprint density at radius 2 is 1.93 bits per heavy atom. The van der Waals surface area contributed by atoms with E-state index < -0.39 is 11.2 Å². The number of aromatic nitrogens is 2. The van der Waals surface area contributed by atoms with Gasteiger partial charge in [-0.25, -0.2) is 4.79 Å². The minimum atomic E-state index is -0.532. The van der Waals surface area contributed by atoms with Gasteiger partial charge in [0.2, 0.25) is 0 Å². The number of hydrogen-bond acceptors (Lipinski definition) is 4.